The third-order valence-corrected chi connectivity index (χ3v) is 5.44. The van der Waals surface area contributed by atoms with Crippen LogP contribution in [-0.4, -0.2) is 52.8 Å². The van der Waals surface area contributed by atoms with E-state index in [0.29, 0.717) is 28.3 Å². The molecular formula is C21H24N6O. The molecular weight excluding hydrogens is 352 g/mol. The van der Waals surface area contributed by atoms with E-state index < -0.39 is 0 Å². The second-order valence-electron chi connectivity index (χ2n) is 7.34. The van der Waals surface area contributed by atoms with Gasteiger partial charge in [0.25, 0.3) is 5.56 Å². The predicted octanol–water partition coefficient (Wildman–Crippen LogP) is 2.22. The molecule has 0 bridgehead atoms. The highest BCUT2D eigenvalue weighted by molar-refractivity contribution is 5.87. The number of nitrogens with zero attached hydrogens (tertiary/aromatic N) is 5. The third-order valence-electron chi connectivity index (χ3n) is 5.44. The van der Waals surface area contributed by atoms with Crippen molar-refractivity contribution in [1.29, 1.82) is 0 Å². The van der Waals surface area contributed by atoms with Gasteiger partial charge in [0, 0.05) is 30.7 Å². The predicted molar refractivity (Wildman–Crippen MR) is 113 cm³/mol. The molecule has 7 nitrogen and oxygen atoms in total. The van der Waals surface area contributed by atoms with Crippen LogP contribution in [0.15, 0.2) is 46.6 Å². The minimum absolute atomic E-state index is 0.128. The third kappa shape index (κ3) is 3.41. The van der Waals surface area contributed by atoms with Gasteiger partial charge < -0.3 is 10.6 Å². The Balaban J connectivity index is 1.78. The van der Waals surface area contributed by atoms with Crippen molar-refractivity contribution < 1.29 is 0 Å². The zero-order valence-electron chi connectivity index (χ0n) is 16.2. The lowest BCUT2D eigenvalue weighted by Crippen LogP contribution is -2.29. The molecule has 0 atom stereocenters. The molecule has 0 unspecified atom stereocenters. The number of rotatable bonds is 3. The van der Waals surface area contributed by atoms with Gasteiger partial charge in [-0.15, -0.1) is 0 Å². The highest BCUT2D eigenvalue weighted by Gasteiger charge is 2.20. The molecule has 7 heteroatoms. The van der Waals surface area contributed by atoms with Crippen molar-refractivity contribution in [3.8, 4) is 5.69 Å². The molecule has 1 aliphatic heterocycles. The lowest BCUT2D eigenvalue weighted by atomic mass is 9.90. The highest BCUT2D eigenvalue weighted by Crippen LogP contribution is 2.28. The number of piperidine rings is 1. The van der Waals surface area contributed by atoms with Crippen LogP contribution in [0.1, 0.15) is 29.9 Å². The normalized spacial score (nSPS) is 16.2. The second-order valence-corrected chi connectivity index (χ2v) is 7.34. The van der Waals surface area contributed by atoms with Crippen LogP contribution in [0.3, 0.4) is 0 Å². The van der Waals surface area contributed by atoms with E-state index in [-0.39, 0.29) is 5.56 Å². The number of fused-ring (bicyclic) bond motifs is 1. The maximum Gasteiger partial charge on any atom is 0.267 e. The zero-order chi connectivity index (χ0) is 19.7. The van der Waals surface area contributed by atoms with Crippen molar-refractivity contribution in [2.75, 3.05) is 32.9 Å². The smallest absolute Gasteiger partial charge is 0.267 e. The van der Waals surface area contributed by atoms with Crippen molar-refractivity contribution >= 4 is 22.9 Å². The Morgan fingerprint density at radius 1 is 1.21 bits per heavy atom. The first-order valence-electron chi connectivity index (χ1n) is 9.44. The molecule has 0 radical (unpaired) electrons. The average Bonchev–Trinajstić information content (AvgIpc) is 2.71. The highest BCUT2D eigenvalue weighted by atomic mass is 16.1. The molecule has 144 valence electrons. The van der Waals surface area contributed by atoms with Gasteiger partial charge in [-0.1, -0.05) is 0 Å². The Morgan fingerprint density at radius 2 is 2.00 bits per heavy atom. The van der Waals surface area contributed by atoms with E-state index in [1.54, 1.807) is 19.3 Å². The van der Waals surface area contributed by atoms with Crippen LogP contribution < -0.4 is 11.3 Å². The summed E-state index contributed by atoms with van der Waals surface area (Å²) in [6, 6.07) is 7.39. The Morgan fingerprint density at radius 3 is 2.75 bits per heavy atom. The minimum Gasteiger partial charge on any atom is -0.398 e. The van der Waals surface area contributed by atoms with E-state index in [4.69, 9.17) is 5.73 Å². The second kappa shape index (κ2) is 7.52. The maximum atomic E-state index is 13.2. The topological polar surface area (TPSA) is 89.4 Å². The molecule has 0 saturated carbocycles. The Bertz CT molecular complexity index is 1100. The molecule has 0 spiro atoms. The molecule has 1 aromatic carbocycles. The van der Waals surface area contributed by atoms with Gasteiger partial charge in [-0.25, -0.2) is 9.97 Å². The number of benzene rings is 1. The summed E-state index contributed by atoms with van der Waals surface area (Å²) in [5, 5.41) is 0.543. The van der Waals surface area contributed by atoms with Crippen LogP contribution in [-0.2, 0) is 0 Å². The van der Waals surface area contributed by atoms with Crippen LogP contribution >= 0.6 is 0 Å². The molecule has 3 heterocycles. The number of anilines is 1. The lowest BCUT2D eigenvalue weighted by molar-refractivity contribution is 0.255. The first-order chi connectivity index (χ1) is 13.6. The summed E-state index contributed by atoms with van der Waals surface area (Å²) in [6.07, 6.45) is 7.23. The molecule has 3 aromatic rings. The number of hydrogen-bond donors (Lipinski definition) is 1. The van der Waals surface area contributed by atoms with E-state index in [9.17, 15) is 4.79 Å². The summed E-state index contributed by atoms with van der Waals surface area (Å²) < 4.78 is 1.54. The summed E-state index contributed by atoms with van der Waals surface area (Å²) in [5.41, 5.74) is 9.54. The number of pyridine rings is 1. The maximum absolute atomic E-state index is 13.2. The summed E-state index contributed by atoms with van der Waals surface area (Å²) >= 11 is 0. The number of aliphatic imine (C=N–C) groups is 1. The van der Waals surface area contributed by atoms with E-state index in [2.05, 4.69) is 26.9 Å². The van der Waals surface area contributed by atoms with Crippen molar-refractivity contribution in [3.63, 3.8) is 0 Å². The molecule has 0 amide bonds. The van der Waals surface area contributed by atoms with Crippen LogP contribution in [0, 0.1) is 0 Å². The van der Waals surface area contributed by atoms with Gasteiger partial charge >= 0.3 is 0 Å². The molecule has 1 aliphatic rings. The first-order valence-corrected chi connectivity index (χ1v) is 9.44. The number of nitrogens with two attached hydrogens (primary N) is 1. The van der Waals surface area contributed by atoms with Crippen molar-refractivity contribution in [3.05, 3.63) is 58.3 Å². The fourth-order valence-corrected chi connectivity index (χ4v) is 3.74. The monoisotopic (exact) mass is 376 g/mol. The molecule has 1 fully saturated rings. The quantitative estimate of drug-likeness (QED) is 0.559. The van der Waals surface area contributed by atoms with E-state index in [1.165, 1.54) is 10.9 Å². The largest absolute Gasteiger partial charge is 0.398 e. The van der Waals surface area contributed by atoms with Crippen LogP contribution in [0.5, 0.6) is 0 Å². The average molecular weight is 376 g/mol. The van der Waals surface area contributed by atoms with Crippen molar-refractivity contribution in [2.45, 2.75) is 18.8 Å². The summed E-state index contributed by atoms with van der Waals surface area (Å²) in [4.78, 5) is 28.4. The van der Waals surface area contributed by atoms with Gasteiger partial charge in [-0.2, -0.15) is 0 Å². The SMILES string of the molecule is CN=Cc1cc(-n2cnc3ncc(C4CCN(C)CC4)cc3c2=O)ccc1N. The van der Waals surface area contributed by atoms with Crippen molar-refractivity contribution in [1.82, 2.24) is 19.4 Å². The van der Waals surface area contributed by atoms with Crippen LogP contribution in [0.25, 0.3) is 16.7 Å². The van der Waals surface area contributed by atoms with Gasteiger partial charge in [-0.3, -0.25) is 14.4 Å². The van der Waals surface area contributed by atoms with E-state index in [0.717, 1.165) is 37.1 Å². The zero-order valence-corrected chi connectivity index (χ0v) is 16.2. The first kappa shape index (κ1) is 18.3. The number of hydrogen-bond acceptors (Lipinski definition) is 6. The fraction of sp³-hybridized carbons (Fsp3) is 0.333. The van der Waals surface area contributed by atoms with Gasteiger partial charge in [0.2, 0.25) is 0 Å². The Hall–Kier alpha value is -3.06. The minimum atomic E-state index is -0.128. The van der Waals surface area contributed by atoms with Crippen molar-refractivity contribution in [2.24, 2.45) is 4.99 Å². The molecule has 2 aromatic heterocycles. The van der Waals surface area contributed by atoms with Gasteiger partial charge in [0.15, 0.2) is 5.65 Å². The Kier molecular flexibility index (Phi) is 4.92. The summed E-state index contributed by atoms with van der Waals surface area (Å²) in [6.45, 7) is 2.13. The molecule has 28 heavy (non-hydrogen) atoms. The summed E-state index contributed by atoms with van der Waals surface area (Å²) in [5.74, 6) is 0.435. The van der Waals surface area contributed by atoms with E-state index >= 15 is 0 Å². The number of likely N-dealkylation sites (tertiary alicyclic amines) is 1. The Labute approximate surface area is 163 Å². The molecule has 4 rings (SSSR count). The van der Waals surface area contributed by atoms with Gasteiger partial charge in [0.1, 0.15) is 6.33 Å². The van der Waals surface area contributed by atoms with Crippen LogP contribution in [0.2, 0.25) is 0 Å². The van der Waals surface area contributed by atoms with E-state index in [1.807, 2.05) is 24.4 Å². The van der Waals surface area contributed by atoms with Gasteiger partial charge in [-0.05, 0) is 68.7 Å². The number of nitrogen functional groups attached to an aromatic ring is 1. The van der Waals surface area contributed by atoms with Crippen LogP contribution in [0.4, 0.5) is 5.69 Å². The van der Waals surface area contributed by atoms with Gasteiger partial charge in [0.05, 0.1) is 11.1 Å². The summed E-state index contributed by atoms with van der Waals surface area (Å²) in [7, 11) is 3.83. The molecule has 0 aliphatic carbocycles. The fourth-order valence-electron chi connectivity index (χ4n) is 3.74. The standard InChI is InChI=1S/C21H24N6O/c1-23-11-16-9-17(3-4-19(16)22)27-13-25-20-18(21(27)28)10-15(12-24-20)14-5-7-26(2)8-6-14/h3-4,9-14H,5-8,22H2,1-2H3. The lowest BCUT2D eigenvalue weighted by Gasteiger charge is -2.29. The molecule has 1 saturated heterocycles. The molecule has 2 N–H and O–H groups in total. The number of aromatic nitrogens is 3.